The molecule has 2 N–H and O–H groups in total. The molecule has 98 valence electrons. The highest BCUT2D eigenvalue weighted by atomic mass is 35.5. The third kappa shape index (κ3) is 2.36. The van der Waals surface area contributed by atoms with Gasteiger partial charge in [0.25, 0.3) is 0 Å². The molecule has 1 aromatic carbocycles. The van der Waals surface area contributed by atoms with Crippen molar-refractivity contribution in [3.63, 3.8) is 0 Å². The van der Waals surface area contributed by atoms with E-state index in [-0.39, 0.29) is 15.5 Å². The fourth-order valence-corrected chi connectivity index (χ4v) is 3.69. The van der Waals surface area contributed by atoms with Crippen molar-refractivity contribution in [3.8, 4) is 0 Å². The summed E-state index contributed by atoms with van der Waals surface area (Å²) < 4.78 is 25.9. The van der Waals surface area contributed by atoms with E-state index in [2.05, 4.69) is 0 Å². The van der Waals surface area contributed by atoms with E-state index in [1.165, 1.54) is 22.5 Å². The van der Waals surface area contributed by atoms with Crippen molar-refractivity contribution in [2.75, 3.05) is 13.1 Å². The van der Waals surface area contributed by atoms with Gasteiger partial charge in [-0.05, 0) is 31.0 Å². The van der Waals surface area contributed by atoms with Crippen LogP contribution in [0.25, 0.3) is 0 Å². The van der Waals surface area contributed by atoms with Gasteiger partial charge in [0.1, 0.15) is 0 Å². The van der Waals surface area contributed by atoms with Crippen LogP contribution >= 0.6 is 11.6 Å². The maximum atomic E-state index is 12.3. The second-order valence-electron chi connectivity index (χ2n) is 4.12. The van der Waals surface area contributed by atoms with Crippen LogP contribution in [0, 0.1) is 0 Å². The first-order valence-corrected chi connectivity index (χ1v) is 7.34. The van der Waals surface area contributed by atoms with E-state index in [1.807, 2.05) is 0 Å². The molecule has 0 aliphatic carbocycles. The summed E-state index contributed by atoms with van der Waals surface area (Å²) in [5.74, 6) is -0.738. The van der Waals surface area contributed by atoms with Gasteiger partial charge >= 0.3 is 0 Å². The fourth-order valence-electron chi connectivity index (χ4n) is 1.93. The molecule has 0 aromatic heterocycles. The molecule has 1 aliphatic rings. The Labute approximate surface area is 111 Å². The number of rotatable bonds is 3. The summed E-state index contributed by atoms with van der Waals surface area (Å²) in [6, 6.07) is 4.01. The zero-order valence-electron chi connectivity index (χ0n) is 9.60. The molecule has 1 amide bonds. The van der Waals surface area contributed by atoms with E-state index < -0.39 is 15.9 Å². The van der Waals surface area contributed by atoms with Gasteiger partial charge in [0.2, 0.25) is 15.9 Å². The van der Waals surface area contributed by atoms with Crippen LogP contribution in [0.3, 0.4) is 0 Å². The monoisotopic (exact) mass is 288 g/mol. The maximum Gasteiger partial charge on any atom is 0.250 e. The van der Waals surface area contributed by atoms with Crippen LogP contribution in [0.2, 0.25) is 5.02 Å². The van der Waals surface area contributed by atoms with E-state index in [1.54, 1.807) is 0 Å². The van der Waals surface area contributed by atoms with E-state index in [0.717, 1.165) is 12.8 Å². The molecular weight excluding hydrogens is 276 g/mol. The van der Waals surface area contributed by atoms with Crippen molar-refractivity contribution in [1.82, 2.24) is 4.31 Å². The van der Waals surface area contributed by atoms with Crippen LogP contribution in [-0.2, 0) is 10.0 Å². The molecule has 0 unspecified atom stereocenters. The Bertz CT molecular complexity index is 580. The van der Waals surface area contributed by atoms with Gasteiger partial charge in [-0.2, -0.15) is 4.31 Å². The second-order valence-corrected chi connectivity index (χ2v) is 6.46. The van der Waals surface area contributed by atoms with E-state index >= 15 is 0 Å². The lowest BCUT2D eigenvalue weighted by Crippen LogP contribution is -2.28. The summed E-state index contributed by atoms with van der Waals surface area (Å²) in [4.78, 5) is 11.2. The van der Waals surface area contributed by atoms with E-state index in [0.29, 0.717) is 13.1 Å². The molecule has 0 bridgehead atoms. The molecule has 0 radical (unpaired) electrons. The van der Waals surface area contributed by atoms with Crippen molar-refractivity contribution in [1.29, 1.82) is 0 Å². The third-order valence-corrected chi connectivity index (χ3v) is 5.13. The summed E-state index contributed by atoms with van der Waals surface area (Å²) >= 11 is 5.79. The largest absolute Gasteiger partial charge is 0.366 e. The average molecular weight is 289 g/mol. The quantitative estimate of drug-likeness (QED) is 0.908. The van der Waals surface area contributed by atoms with Gasteiger partial charge in [-0.15, -0.1) is 0 Å². The highest BCUT2D eigenvalue weighted by Crippen LogP contribution is 2.24. The molecule has 0 atom stereocenters. The first-order chi connectivity index (χ1) is 8.43. The Morgan fingerprint density at radius 2 is 1.89 bits per heavy atom. The number of sulfonamides is 1. The van der Waals surface area contributed by atoms with Crippen molar-refractivity contribution in [2.24, 2.45) is 5.73 Å². The van der Waals surface area contributed by atoms with Gasteiger partial charge in [0.15, 0.2) is 0 Å². The Morgan fingerprint density at radius 1 is 1.28 bits per heavy atom. The summed E-state index contributed by atoms with van der Waals surface area (Å²) in [6.45, 7) is 1.02. The highest BCUT2D eigenvalue weighted by molar-refractivity contribution is 7.89. The maximum absolute atomic E-state index is 12.3. The predicted octanol–water partition coefficient (Wildman–Crippen LogP) is 1.22. The number of primary amides is 1. The number of benzene rings is 1. The number of carbonyl (C=O) groups excluding carboxylic acids is 1. The zero-order chi connectivity index (χ0) is 13.3. The molecule has 7 heteroatoms. The minimum Gasteiger partial charge on any atom is -0.366 e. The van der Waals surface area contributed by atoms with Crippen molar-refractivity contribution >= 4 is 27.5 Å². The number of hydrogen-bond acceptors (Lipinski definition) is 3. The lowest BCUT2D eigenvalue weighted by molar-refractivity contribution is 0.1000. The van der Waals surface area contributed by atoms with Crippen molar-refractivity contribution < 1.29 is 13.2 Å². The smallest absolute Gasteiger partial charge is 0.250 e. The molecule has 1 aliphatic heterocycles. The van der Waals surface area contributed by atoms with Crippen LogP contribution in [-0.4, -0.2) is 31.7 Å². The minimum atomic E-state index is -3.54. The van der Waals surface area contributed by atoms with Crippen LogP contribution in [0.1, 0.15) is 23.2 Å². The number of nitrogens with two attached hydrogens (primary N) is 1. The lowest BCUT2D eigenvalue weighted by Gasteiger charge is -2.16. The molecule has 1 fully saturated rings. The van der Waals surface area contributed by atoms with Crippen LogP contribution < -0.4 is 5.73 Å². The van der Waals surface area contributed by atoms with Crippen LogP contribution in [0.15, 0.2) is 23.1 Å². The summed E-state index contributed by atoms with van der Waals surface area (Å²) in [5, 5.41) is 0.155. The molecule has 1 aromatic rings. The van der Waals surface area contributed by atoms with Crippen molar-refractivity contribution in [3.05, 3.63) is 28.8 Å². The van der Waals surface area contributed by atoms with Crippen LogP contribution in [0.5, 0.6) is 0 Å². The molecule has 18 heavy (non-hydrogen) atoms. The first kappa shape index (κ1) is 13.3. The summed E-state index contributed by atoms with van der Waals surface area (Å²) in [6.07, 6.45) is 1.71. The van der Waals surface area contributed by atoms with Crippen molar-refractivity contribution in [2.45, 2.75) is 17.7 Å². The molecule has 2 rings (SSSR count). The Kier molecular flexibility index (Phi) is 3.61. The summed E-state index contributed by atoms with van der Waals surface area (Å²) in [5.41, 5.74) is 5.17. The molecule has 0 saturated carbocycles. The predicted molar refractivity (Wildman–Crippen MR) is 68.0 cm³/mol. The van der Waals surface area contributed by atoms with Gasteiger partial charge in [-0.1, -0.05) is 11.6 Å². The van der Waals surface area contributed by atoms with Gasteiger partial charge < -0.3 is 5.73 Å². The topological polar surface area (TPSA) is 80.5 Å². The summed E-state index contributed by atoms with van der Waals surface area (Å²) in [7, 11) is -3.54. The SMILES string of the molecule is NC(=O)c1cc(S(=O)(=O)N2CCCC2)ccc1Cl. The molecule has 5 nitrogen and oxygen atoms in total. The molecular formula is C11H13ClN2O3S. The Morgan fingerprint density at radius 3 is 2.44 bits per heavy atom. The standard InChI is InChI=1S/C11H13ClN2O3S/c12-10-4-3-8(7-9(10)11(13)15)18(16,17)14-5-1-2-6-14/h3-4,7H,1-2,5-6H2,(H2,13,15). The van der Waals surface area contributed by atoms with Gasteiger partial charge in [0.05, 0.1) is 15.5 Å². The normalized spacial score (nSPS) is 16.9. The second kappa shape index (κ2) is 4.87. The van der Waals surface area contributed by atoms with Gasteiger partial charge in [0, 0.05) is 13.1 Å². The molecule has 1 heterocycles. The van der Waals surface area contributed by atoms with Gasteiger partial charge in [-0.25, -0.2) is 8.42 Å². The average Bonchev–Trinajstić information content (AvgIpc) is 2.82. The Hall–Kier alpha value is -1.11. The fraction of sp³-hybridized carbons (Fsp3) is 0.364. The first-order valence-electron chi connectivity index (χ1n) is 5.52. The van der Waals surface area contributed by atoms with Gasteiger partial charge in [-0.3, -0.25) is 4.79 Å². The van der Waals surface area contributed by atoms with Crippen LogP contribution in [0.4, 0.5) is 0 Å². The third-order valence-electron chi connectivity index (χ3n) is 2.91. The Balaban J connectivity index is 2.45. The lowest BCUT2D eigenvalue weighted by atomic mass is 10.2. The van der Waals surface area contributed by atoms with E-state index in [9.17, 15) is 13.2 Å². The zero-order valence-corrected chi connectivity index (χ0v) is 11.2. The number of amides is 1. The minimum absolute atomic E-state index is 0.0249. The number of carbonyl (C=O) groups is 1. The number of halogens is 1. The number of hydrogen-bond donors (Lipinski definition) is 1. The molecule has 0 spiro atoms. The highest BCUT2D eigenvalue weighted by Gasteiger charge is 2.27. The molecule has 1 saturated heterocycles. The van der Waals surface area contributed by atoms with E-state index in [4.69, 9.17) is 17.3 Å². The number of nitrogens with zero attached hydrogens (tertiary/aromatic N) is 1.